The molecule has 0 atom stereocenters. The molecule has 0 fully saturated rings. The molecule has 1 aromatic carbocycles. The molecule has 2 aromatic rings. The van der Waals surface area contributed by atoms with Crippen LogP contribution >= 0.6 is 23.2 Å². The monoisotopic (exact) mass is 298 g/mol. The molecule has 0 unspecified atom stereocenters. The first-order chi connectivity index (χ1) is 9.02. The van der Waals surface area contributed by atoms with Gasteiger partial charge in [-0.3, -0.25) is 4.79 Å². The molecular formula is C13H12Cl2N2O2. The Morgan fingerprint density at radius 2 is 2.11 bits per heavy atom. The number of hydrogen-bond donors (Lipinski definition) is 2. The number of aliphatic hydroxyl groups is 1. The van der Waals surface area contributed by atoms with Crippen molar-refractivity contribution in [1.29, 1.82) is 0 Å². The average Bonchev–Trinajstić information content (AvgIpc) is 2.36. The quantitative estimate of drug-likeness (QED) is 0.915. The van der Waals surface area contributed by atoms with Crippen molar-refractivity contribution in [3.63, 3.8) is 0 Å². The van der Waals surface area contributed by atoms with E-state index in [0.29, 0.717) is 32.7 Å². The van der Waals surface area contributed by atoms with Crippen LogP contribution in [0.1, 0.15) is 11.3 Å². The first-order valence-electron chi connectivity index (χ1n) is 5.69. The lowest BCUT2D eigenvalue weighted by atomic mass is 10.1. The molecule has 2 N–H and O–H groups in total. The highest BCUT2D eigenvalue weighted by atomic mass is 35.5. The van der Waals surface area contributed by atoms with E-state index in [9.17, 15) is 4.79 Å². The molecule has 19 heavy (non-hydrogen) atoms. The molecule has 0 aliphatic rings. The third-order valence-corrected chi connectivity index (χ3v) is 3.33. The van der Waals surface area contributed by atoms with Crippen molar-refractivity contribution < 1.29 is 5.11 Å². The van der Waals surface area contributed by atoms with Gasteiger partial charge >= 0.3 is 0 Å². The number of benzene rings is 1. The molecule has 1 heterocycles. The number of H-pyrrole nitrogens is 1. The minimum Gasteiger partial charge on any atom is -0.396 e. The van der Waals surface area contributed by atoms with E-state index in [4.69, 9.17) is 28.3 Å². The second kappa shape index (κ2) is 5.74. The average molecular weight is 299 g/mol. The molecule has 100 valence electrons. The molecule has 0 radical (unpaired) electrons. The molecule has 0 spiro atoms. The first-order valence-corrected chi connectivity index (χ1v) is 6.44. The predicted molar refractivity (Wildman–Crippen MR) is 75.8 cm³/mol. The summed E-state index contributed by atoms with van der Waals surface area (Å²) in [6.07, 6.45) is 0.276. The summed E-state index contributed by atoms with van der Waals surface area (Å²) in [5, 5.41) is 9.89. The lowest BCUT2D eigenvalue weighted by Crippen LogP contribution is -2.18. The molecular weight excluding hydrogens is 287 g/mol. The Kier molecular flexibility index (Phi) is 4.24. The summed E-state index contributed by atoms with van der Waals surface area (Å²) in [7, 11) is 0. The van der Waals surface area contributed by atoms with Gasteiger partial charge < -0.3 is 10.1 Å². The lowest BCUT2D eigenvalue weighted by molar-refractivity contribution is 0.298. The Labute approximate surface area is 120 Å². The topological polar surface area (TPSA) is 66.0 Å². The minimum absolute atomic E-state index is 0.0944. The Balaban J connectivity index is 2.58. The highest BCUT2D eigenvalue weighted by molar-refractivity contribution is 6.35. The maximum Gasteiger partial charge on any atom is 0.254 e. The van der Waals surface area contributed by atoms with Gasteiger partial charge in [0, 0.05) is 34.9 Å². The highest BCUT2D eigenvalue weighted by Gasteiger charge is 2.11. The number of aromatic nitrogens is 2. The van der Waals surface area contributed by atoms with Gasteiger partial charge in [0.25, 0.3) is 5.56 Å². The van der Waals surface area contributed by atoms with Gasteiger partial charge in [0.15, 0.2) is 0 Å². The van der Waals surface area contributed by atoms with E-state index in [0.717, 1.165) is 0 Å². The van der Waals surface area contributed by atoms with Crippen LogP contribution in [0.4, 0.5) is 0 Å². The number of hydrogen-bond acceptors (Lipinski definition) is 3. The van der Waals surface area contributed by atoms with Crippen molar-refractivity contribution in [2.45, 2.75) is 13.3 Å². The second-order valence-corrected chi connectivity index (χ2v) is 4.92. The van der Waals surface area contributed by atoms with Crippen molar-refractivity contribution in [1.82, 2.24) is 9.97 Å². The first kappa shape index (κ1) is 14.1. The van der Waals surface area contributed by atoms with Crippen LogP contribution in [0, 0.1) is 6.92 Å². The van der Waals surface area contributed by atoms with Crippen LogP contribution in [0.25, 0.3) is 11.4 Å². The maximum atomic E-state index is 11.9. The Morgan fingerprint density at radius 3 is 2.74 bits per heavy atom. The van der Waals surface area contributed by atoms with Crippen LogP contribution in [-0.2, 0) is 6.42 Å². The standard InChI is InChI=1S/C13H12Cl2N2O2/c1-7-9(4-5-18)13(19)17-12(16-7)10-6-8(14)2-3-11(10)15/h2-3,6,18H,4-5H2,1H3,(H,16,17,19). The summed E-state index contributed by atoms with van der Waals surface area (Å²) in [4.78, 5) is 18.9. The van der Waals surface area contributed by atoms with E-state index < -0.39 is 0 Å². The number of aryl methyl sites for hydroxylation is 1. The zero-order chi connectivity index (χ0) is 14.0. The molecule has 0 saturated carbocycles. The Hall–Kier alpha value is -1.36. The number of aromatic amines is 1. The van der Waals surface area contributed by atoms with E-state index in [1.165, 1.54) is 0 Å². The zero-order valence-electron chi connectivity index (χ0n) is 10.2. The van der Waals surface area contributed by atoms with E-state index in [-0.39, 0.29) is 18.6 Å². The third-order valence-electron chi connectivity index (χ3n) is 2.77. The van der Waals surface area contributed by atoms with E-state index >= 15 is 0 Å². The third kappa shape index (κ3) is 2.97. The highest BCUT2D eigenvalue weighted by Crippen LogP contribution is 2.27. The van der Waals surface area contributed by atoms with Gasteiger partial charge in [0.2, 0.25) is 0 Å². The minimum atomic E-state index is -0.271. The molecule has 0 saturated heterocycles. The summed E-state index contributed by atoms with van der Waals surface area (Å²) in [6.45, 7) is 1.63. The van der Waals surface area contributed by atoms with Crippen LogP contribution in [0.5, 0.6) is 0 Å². The number of aliphatic hydroxyl groups excluding tert-OH is 1. The Bertz CT molecular complexity index is 668. The second-order valence-electron chi connectivity index (χ2n) is 4.08. The van der Waals surface area contributed by atoms with Crippen LogP contribution in [0.15, 0.2) is 23.0 Å². The number of nitrogens with one attached hydrogen (secondary N) is 1. The van der Waals surface area contributed by atoms with Crippen LogP contribution in [0.2, 0.25) is 10.0 Å². The summed E-state index contributed by atoms with van der Waals surface area (Å²) < 4.78 is 0. The number of rotatable bonds is 3. The Morgan fingerprint density at radius 1 is 1.37 bits per heavy atom. The van der Waals surface area contributed by atoms with Crippen molar-refractivity contribution in [3.8, 4) is 11.4 Å². The fourth-order valence-corrected chi connectivity index (χ4v) is 2.20. The summed E-state index contributed by atoms with van der Waals surface area (Å²) in [5.41, 5.74) is 1.35. The fourth-order valence-electron chi connectivity index (χ4n) is 1.82. The maximum absolute atomic E-state index is 11.9. The van der Waals surface area contributed by atoms with Gasteiger partial charge in [-0.2, -0.15) is 0 Å². The molecule has 1 aromatic heterocycles. The van der Waals surface area contributed by atoms with Crippen molar-refractivity contribution >= 4 is 23.2 Å². The van der Waals surface area contributed by atoms with Gasteiger partial charge in [-0.15, -0.1) is 0 Å². The molecule has 0 bridgehead atoms. The van der Waals surface area contributed by atoms with Crippen molar-refractivity contribution in [2.24, 2.45) is 0 Å². The fraction of sp³-hybridized carbons (Fsp3) is 0.231. The van der Waals surface area contributed by atoms with Crippen LogP contribution in [0.3, 0.4) is 0 Å². The SMILES string of the molecule is Cc1nc(-c2cc(Cl)ccc2Cl)[nH]c(=O)c1CCO. The summed E-state index contributed by atoms with van der Waals surface area (Å²) in [6, 6.07) is 4.96. The van der Waals surface area contributed by atoms with E-state index in [1.54, 1.807) is 25.1 Å². The van der Waals surface area contributed by atoms with Crippen molar-refractivity contribution in [2.75, 3.05) is 6.61 Å². The van der Waals surface area contributed by atoms with Gasteiger partial charge in [0.1, 0.15) is 5.82 Å². The largest absolute Gasteiger partial charge is 0.396 e. The summed E-state index contributed by atoms with van der Waals surface area (Å²) in [5.74, 6) is 0.372. The zero-order valence-corrected chi connectivity index (χ0v) is 11.7. The van der Waals surface area contributed by atoms with Crippen LogP contribution in [-0.4, -0.2) is 21.7 Å². The molecule has 0 aliphatic heterocycles. The number of halogens is 2. The van der Waals surface area contributed by atoms with E-state index in [2.05, 4.69) is 9.97 Å². The molecule has 6 heteroatoms. The van der Waals surface area contributed by atoms with Gasteiger partial charge in [-0.25, -0.2) is 4.98 Å². The van der Waals surface area contributed by atoms with Gasteiger partial charge in [-0.05, 0) is 25.1 Å². The number of nitrogens with zero attached hydrogens (tertiary/aromatic N) is 1. The van der Waals surface area contributed by atoms with Gasteiger partial charge in [-0.1, -0.05) is 23.2 Å². The molecule has 2 rings (SSSR count). The summed E-state index contributed by atoms with van der Waals surface area (Å²) >= 11 is 12.0. The smallest absolute Gasteiger partial charge is 0.254 e. The predicted octanol–water partition coefficient (Wildman–Crippen LogP) is 2.59. The van der Waals surface area contributed by atoms with Crippen LogP contribution < -0.4 is 5.56 Å². The molecule has 0 amide bonds. The normalized spacial score (nSPS) is 10.7. The molecule has 4 nitrogen and oxygen atoms in total. The van der Waals surface area contributed by atoms with Gasteiger partial charge in [0.05, 0.1) is 5.02 Å². The van der Waals surface area contributed by atoms with Crippen molar-refractivity contribution in [3.05, 3.63) is 49.9 Å². The van der Waals surface area contributed by atoms with E-state index in [1.807, 2.05) is 0 Å². The molecule has 0 aliphatic carbocycles. The lowest BCUT2D eigenvalue weighted by Gasteiger charge is -2.08.